The zero-order chi connectivity index (χ0) is 14.4. The first kappa shape index (κ1) is 17.9. The lowest BCUT2D eigenvalue weighted by molar-refractivity contribution is -0.122. The van der Waals surface area contributed by atoms with Gasteiger partial charge in [-0.15, -0.1) is 12.4 Å². The number of aliphatic hydroxyl groups excluding tert-OH is 1. The molecule has 1 saturated heterocycles. The van der Waals surface area contributed by atoms with Crippen LogP contribution in [0.1, 0.15) is 24.8 Å². The minimum Gasteiger partial charge on any atom is -0.391 e. The van der Waals surface area contributed by atoms with Gasteiger partial charge in [0.2, 0.25) is 5.91 Å². The van der Waals surface area contributed by atoms with Crippen molar-refractivity contribution in [2.45, 2.75) is 37.8 Å². The van der Waals surface area contributed by atoms with Gasteiger partial charge >= 0.3 is 0 Å². The van der Waals surface area contributed by atoms with Gasteiger partial charge in [0.1, 0.15) is 5.82 Å². The van der Waals surface area contributed by atoms with E-state index in [1.54, 1.807) is 12.1 Å². The molecule has 2 rings (SSSR count). The van der Waals surface area contributed by atoms with E-state index < -0.39 is 6.10 Å². The number of benzene rings is 1. The fourth-order valence-electron chi connectivity index (χ4n) is 2.38. The van der Waals surface area contributed by atoms with Gasteiger partial charge in [0.15, 0.2) is 0 Å². The summed E-state index contributed by atoms with van der Waals surface area (Å²) >= 11 is 0. The number of amides is 1. The zero-order valence-electron chi connectivity index (χ0n) is 11.8. The molecule has 2 atom stereocenters. The predicted octanol–water partition coefficient (Wildman–Crippen LogP) is 1.41. The number of carbonyl (C=O) groups is 1. The fourth-order valence-corrected chi connectivity index (χ4v) is 2.38. The number of aliphatic hydroxyl groups is 1. The van der Waals surface area contributed by atoms with Gasteiger partial charge in [0, 0.05) is 13.0 Å². The summed E-state index contributed by atoms with van der Waals surface area (Å²) in [6.07, 6.45) is 2.09. The number of hydrogen-bond donors (Lipinski definition) is 3. The molecule has 1 aliphatic heterocycles. The maximum Gasteiger partial charge on any atom is 0.220 e. The van der Waals surface area contributed by atoms with Gasteiger partial charge in [-0.3, -0.25) is 4.79 Å². The van der Waals surface area contributed by atoms with Crippen molar-refractivity contribution in [3.05, 3.63) is 35.6 Å². The highest BCUT2D eigenvalue weighted by Crippen LogP contribution is 2.08. The molecular formula is C15H22ClFN2O2. The lowest BCUT2D eigenvalue weighted by atomic mass is 10.0. The minimum absolute atomic E-state index is 0. The van der Waals surface area contributed by atoms with Gasteiger partial charge in [-0.05, 0) is 43.5 Å². The molecule has 0 aromatic heterocycles. The molecule has 0 bridgehead atoms. The Hall–Kier alpha value is -1.17. The molecule has 118 valence electrons. The van der Waals surface area contributed by atoms with E-state index in [1.807, 2.05) is 0 Å². The predicted molar refractivity (Wildman–Crippen MR) is 82.0 cm³/mol. The van der Waals surface area contributed by atoms with Crippen LogP contribution in [-0.4, -0.2) is 36.2 Å². The van der Waals surface area contributed by atoms with Crippen molar-refractivity contribution in [2.75, 3.05) is 13.1 Å². The first-order valence-corrected chi connectivity index (χ1v) is 7.08. The van der Waals surface area contributed by atoms with E-state index in [9.17, 15) is 14.3 Å². The van der Waals surface area contributed by atoms with Crippen LogP contribution in [0.15, 0.2) is 24.3 Å². The summed E-state index contributed by atoms with van der Waals surface area (Å²) in [5, 5.41) is 15.8. The summed E-state index contributed by atoms with van der Waals surface area (Å²) in [5.41, 5.74) is 1.03. The van der Waals surface area contributed by atoms with Crippen LogP contribution in [0.4, 0.5) is 4.39 Å². The van der Waals surface area contributed by atoms with Gasteiger partial charge in [-0.25, -0.2) is 4.39 Å². The summed E-state index contributed by atoms with van der Waals surface area (Å²) in [4.78, 5) is 11.8. The molecule has 0 unspecified atom stereocenters. The molecule has 0 aliphatic carbocycles. The smallest absolute Gasteiger partial charge is 0.220 e. The van der Waals surface area contributed by atoms with Crippen LogP contribution in [-0.2, 0) is 11.2 Å². The molecule has 4 nitrogen and oxygen atoms in total. The second kappa shape index (κ2) is 8.97. The number of nitrogens with one attached hydrogen (secondary N) is 2. The van der Waals surface area contributed by atoms with Crippen molar-refractivity contribution < 1.29 is 14.3 Å². The Bertz CT molecular complexity index is 442. The van der Waals surface area contributed by atoms with Crippen molar-refractivity contribution >= 4 is 18.3 Å². The third kappa shape index (κ3) is 5.99. The van der Waals surface area contributed by atoms with Crippen LogP contribution in [0.3, 0.4) is 0 Å². The Labute approximate surface area is 130 Å². The van der Waals surface area contributed by atoms with Crippen LogP contribution in [0.2, 0.25) is 0 Å². The molecule has 0 spiro atoms. The first-order valence-electron chi connectivity index (χ1n) is 7.08. The molecule has 6 heteroatoms. The fraction of sp³-hybridized carbons (Fsp3) is 0.533. The normalized spacial score (nSPS) is 21.4. The third-order valence-electron chi connectivity index (χ3n) is 3.57. The van der Waals surface area contributed by atoms with Crippen LogP contribution in [0, 0.1) is 5.82 Å². The number of piperidine rings is 1. The standard InChI is InChI=1S/C15H21FN2O2.ClH/c16-12-6-4-11(5-7-12)2-1-3-15(20)18-13-10-17-9-8-14(13)19;/h4-7,13-14,17,19H,1-3,8-10H2,(H,18,20);1H/t13-,14+;/m0./s1. The molecule has 0 radical (unpaired) electrons. The Balaban J connectivity index is 0.00000220. The largest absolute Gasteiger partial charge is 0.391 e. The lowest BCUT2D eigenvalue weighted by Crippen LogP contribution is -2.53. The van der Waals surface area contributed by atoms with Crippen molar-refractivity contribution in [1.29, 1.82) is 0 Å². The van der Waals surface area contributed by atoms with Gasteiger partial charge < -0.3 is 15.7 Å². The highest BCUT2D eigenvalue weighted by atomic mass is 35.5. The van der Waals surface area contributed by atoms with Gasteiger partial charge in [0.25, 0.3) is 0 Å². The Kier molecular flexibility index (Phi) is 7.64. The molecule has 1 fully saturated rings. The first-order chi connectivity index (χ1) is 9.65. The summed E-state index contributed by atoms with van der Waals surface area (Å²) < 4.78 is 12.7. The summed E-state index contributed by atoms with van der Waals surface area (Å²) in [7, 11) is 0. The average molecular weight is 317 g/mol. The number of carbonyl (C=O) groups excluding carboxylic acids is 1. The van der Waals surface area contributed by atoms with Crippen molar-refractivity contribution in [2.24, 2.45) is 0 Å². The lowest BCUT2D eigenvalue weighted by Gasteiger charge is -2.29. The molecular weight excluding hydrogens is 295 g/mol. The zero-order valence-corrected chi connectivity index (χ0v) is 12.7. The second-order valence-electron chi connectivity index (χ2n) is 5.21. The van der Waals surface area contributed by atoms with E-state index in [0.717, 1.165) is 18.5 Å². The van der Waals surface area contributed by atoms with Crippen LogP contribution in [0.25, 0.3) is 0 Å². The molecule has 3 N–H and O–H groups in total. The maximum atomic E-state index is 12.7. The number of rotatable bonds is 5. The molecule has 1 aromatic carbocycles. The number of hydrogen-bond acceptors (Lipinski definition) is 3. The van der Waals surface area contributed by atoms with Crippen LogP contribution in [0.5, 0.6) is 0 Å². The van der Waals surface area contributed by atoms with E-state index >= 15 is 0 Å². The maximum absolute atomic E-state index is 12.7. The molecule has 1 amide bonds. The van der Waals surface area contributed by atoms with Crippen molar-refractivity contribution in [3.63, 3.8) is 0 Å². The van der Waals surface area contributed by atoms with Gasteiger partial charge in [-0.1, -0.05) is 12.1 Å². The topological polar surface area (TPSA) is 61.4 Å². The Morgan fingerprint density at radius 2 is 2.10 bits per heavy atom. The second-order valence-corrected chi connectivity index (χ2v) is 5.21. The molecule has 1 aromatic rings. The van der Waals surface area contributed by atoms with Crippen LogP contribution < -0.4 is 10.6 Å². The van der Waals surface area contributed by atoms with Crippen molar-refractivity contribution in [1.82, 2.24) is 10.6 Å². The quantitative estimate of drug-likeness (QED) is 0.770. The highest BCUT2D eigenvalue weighted by molar-refractivity contribution is 5.85. The molecule has 1 heterocycles. The monoisotopic (exact) mass is 316 g/mol. The van der Waals surface area contributed by atoms with Gasteiger partial charge in [0.05, 0.1) is 12.1 Å². The highest BCUT2D eigenvalue weighted by Gasteiger charge is 2.23. The molecule has 1 aliphatic rings. The number of aryl methyl sites for hydroxylation is 1. The third-order valence-corrected chi connectivity index (χ3v) is 3.57. The van der Waals surface area contributed by atoms with E-state index in [1.165, 1.54) is 12.1 Å². The Morgan fingerprint density at radius 3 is 2.76 bits per heavy atom. The Morgan fingerprint density at radius 1 is 1.38 bits per heavy atom. The minimum atomic E-state index is -0.461. The van der Waals surface area contributed by atoms with Crippen LogP contribution >= 0.6 is 12.4 Å². The number of halogens is 2. The molecule has 21 heavy (non-hydrogen) atoms. The van der Waals surface area contributed by atoms with E-state index in [4.69, 9.17) is 0 Å². The summed E-state index contributed by atoms with van der Waals surface area (Å²) in [5.74, 6) is -0.287. The average Bonchev–Trinajstić information content (AvgIpc) is 2.44. The molecule has 0 saturated carbocycles. The SMILES string of the molecule is Cl.O=C(CCCc1ccc(F)cc1)N[C@H]1CNCC[C@H]1O. The van der Waals surface area contributed by atoms with Gasteiger partial charge in [-0.2, -0.15) is 0 Å². The van der Waals surface area contributed by atoms with E-state index in [0.29, 0.717) is 25.8 Å². The summed E-state index contributed by atoms with van der Waals surface area (Å²) in [6, 6.07) is 6.14. The van der Waals surface area contributed by atoms with E-state index in [-0.39, 0.29) is 30.2 Å². The summed E-state index contributed by atoms with van der Waals surface area (Å²) in [6.45, 7) is 1.41. The van der Waals surface area contributed by atoms with Crippen molar-refractivity contribution in [3.8, 4) is 0 Å². The van der Waals surface area contributed by atoms with E-state index in [2.05, 4.69) is 10.6 Å².